The van der Waals surface area contributed by atoms with Gasteiger partial charge in [0.2, 0.25) is 0 Å². The standard InChI is InChI=1S/C17H18N2O4/c1-22-11-9-18-17(21)15(12-14-8-5-10-23-14)19-16(20)13-6-3-2-4-7-13/h2-8,10,12H,9,11H2,1H3,(H,18,21)(H,19,20)/b15-12+. The van der Waals surface area contributed by atoms with Gasteiger partial charge in [0.25, 0.3) is 11.8 Å². The average molecular weight is 314 g/mol. The van der Waals surface area contributed by atoms with Gasteiger partial charge in [-0.25, -0.2) is 0 Å². The Bertz CT molecular complexity index is 663. The van der Waals surface area contributed by atoms with Gasteiger partial charge in [-0.05, 0) is 24.3 Å². The highest BCUT2D eigenvalue weighted by molar-refractivity contribution is 6.05. The topological polar surface area (TPSA) is 80.6 Å². The fourth-order valence-electron chi connectivity index (χ4n) is 1.82. The first-order valence-electron chi connectivity index (χ1n) is 7.09. The predicted octanol–water partition coefficient (Wildman–Crippen LogP) is 1.81. The van der Waals surface area contributed by atoms with Gasteiger partial charge in [0, 0.05) is 25.3 Å². The van der Waals surface area contributed by atoms with E-state index in [2.05, 4.69) is 10.6 Å². The molecule has 1 aromatic heterocycles. The summed E-state index contributed by atoms with van der Waals surface area (Å²) in [7, 11) is 1.54. The maximum absolute atomic E-state index is 12.2. The second-order valence-corrected chi connectivity index (χ2v) is 4.64. The van der Waals surface area contributed by atoms with Crippen LogP contribution in [0.4, 0.5) is 0 Å². The van der Waals surface area contributed by atoms with Crippen molar-refractivity contribution >= 4 is 17.9 Å². The largest absolute Gasteiger partial charge is 0.465 e. The molecule has 0 aliphatic carbocycles. The Labute approximate surface area is 134 Å². The SMILES string of the molecule is COCCNC(=O)/C(=C\c1ccco1)NC(=O)c1ccccc1. The lowest BCUT2D eigenvalue weighted by atomic mass is 10.2. The third-order valence-corrected chi connectivity index (χ3v) is 2.95. The van der Waals surface area contributed by atoms with Crippen LogP contribution in [0, 0.1) is 0 Å². The summed E-state index contributed by atoms with van der Waals surface area (Å²) in [5, 5.41) is 5.27. The van der Waals surface area contributed by atoms with Crippen molar-refractivity contribution in [2.24, 2.45) is 0 Å². The number of nitrogens with one attached hydrogen (secondary N) is 2. The molecular weight excluding hydrogens is 296 g/mol. The molecule has 1 heterocycles. The highest BCUT2D eigenvalue weighted by Crippen LogP contribution is 2.07. The molecule has 0 unspecified atom stereocenters. The minimum absolute atomic E-state index is 0.102. The van der Waals surface area contributed by atoms with Crippen molar-refractivity contribution in [2.45, 2.75) is 0 Å². The van der Waals surface area contributed by atoms with Crippen LogP contribution in [0.3, 0.4) is 0 Å². The number of benzene rings is 1. The number of methoxy groups -OCH3 is 1. The van der Waals surface area contributed by atoms with Gasteiger partial charge in [-0.15, -0.1) is 0 Å². The molecule has 2 aromatic rings. The van der Waals surface area contributed by atoms with Gasteiger partial charge >= 0.3 is 0 Å². The van der Waals surface area contributed by atoms with E-state index in [0.29, 0.717) is 24.5 Å². The number of carbonyl (C=O) groups is 2. The van der Waals surface area contributed by atoms with Gasteiger partial charge < -0.3 is 19.8 Å². The van der Waals surface area contributed by atoms with E-state index in [1.165, 1.54) is 12.3 Å². The lowest BCUT2D eigenvalue weighted by Crippen LogP contribution is -2.36. The molecule has 2 amide bonds. The first-order chi connectivity index (χ1) is 11.2. The van der Waals surface area contributed by atoms with Crippen molar-refractivity contribution in [3.8, 4) is 0 Å². The number of hydrogen-bond donors (Lipinski definition) is 2. The Kier molecular flexibility index (Phi) is 6.14. The molecule has 1 aromatic carbocycles. The van der Waals surface area contributed by atoms with Crippen LogP contribution in [0.5, 0.6) is 0 Å². The Hall–Kier alpha value is -2.86. The number of rotatable bonds is 7. The molecule has 0 fully saturated rings. The van der Waals surface area contributed by atoms with Crippen LogP contribution in [0.2, 0.25) is 0 Å². The quantitative estimate of drug-likeness (QED) is 0.603. The lowest BCUT2D eigenvalue weighted by molar-refractivity contribution is -0.117. The van der Waals surface area contributed by atoms with Crippen LogP contribution in [0.1, 0.15) is 16.1 Å². The second-order valence-electron chi connectivity index (χ2n) is 4.64. The van der Waals surface area contributed by atoms with Crippen LogP contribution >= 0.6 is 0 Å². The van der Waals surface area contributed by atoms with E-state index < -0.39 is 5.91 Å². The summed E-state index contributed by atoms with van der Waals surface area (Å²) >= 11 is 0. The van der Waals surface area contributed by atoms with E-state index in [-0.39, 0.29) is 11.6 Å². The van der Waals surface area contributed by atoms with Crippen LogP contribution in [-0.4, -0.2) is 32.1 Å². The van der Waals surface area contributed by atoms with Gasteiger partial charge in [-0.3, -0.25) is 9.59 Å². The molecule has 0 bridgehead atoms. The molecule has 2 N–H and O–H groups in total. The van der Waals surface area contributed by atoms with E-state index >= 15 is 0 Å². The van der Waals surface area contributed by atoms with Crippen molar-refractivity contribution in [3.05, 3.63) is 65.7 Å². The zero-order chi connectivity index (χ0) is 16.5. The predicted molar refractivity (Wildman–Crippen MR) is 85.5 cm³/mol. The molecule has 0 saturated carbocycles. The van der Waals surface area contributed by atoms with Crippen molar-refractivity contribution in [1.82, 2.24) is 10.6 Å². The average Bonchev–Trinajstić information content (AvgIpc) is 3.08. The molecule has 0 radical (unpaired) electrons. The molecule has 23 heavy (non-hydrogen) atoms. The van der Waals surface area contributed by atoms with Crippen LogP contribution in [0.25, 0.3) is 6.08 Å². The molecule has 120 valence electrons. The molecule has 6 nitrogen and oxygen atoms in total. The van der Waals surface area contributed by atoms with Crippen molar-refractivity contribution < 1.29 is 18.7 Å². The number of furan rings is 1. The summed E-state index contributed by atoms with van der Waals surface area (Å²) in [6.45, 7) is 0.721. The smallest absolute Gasteiger partial charge is 0.268 e. The van der Waals surface area contributed by atoms with Crippen LogP contribution in [-0.2, 0) is 9.53 Å². The Morgan fingerprint density at radius 1 is 1.17 bits per heavy atom. The van der Waals surface area contributed by atoms with Gasteiger partial charge in [-0.1, -0.05) is 18.2 Å². The maximum atomic E-state index is 12.2. The van der Waals surface area contributed by atoms with Gasteiger partial charge in [0.05, 0.1) is 12.9 Å². The van der Waals surface area contributed by atoms with E-state index in [1.807, 2.05) is 6.07 Å². The minimum atomic E-state index is -0.414. The summed E-state index contributed by atoms with van der Waals surface area (Å²) in [5.41, 5.74) is 0.562. The Balaban J connectivity index is 2.13. The summed E-state index contributed by atoms with van der Waals surface area (Å²) < 4.78 is 10.1. The van der Waals surface area contributed by atoms with E-state index in [9.17, 15) is 9.59 Å². The van der Waals surface area contributed by atoms with Crippen molar-refractivity contribution in [1.29, 1.82) is 0 Å². The Morgan fingerprint density at radius 3 is 2.61 bits per heavy atom. The van der Waals surface area contributed by atoms with Crippen molar-refractivity contribution in [3.63, 3.8) is 0 Å². The van der Waals surface area contributed by atoms with E-state index in [1.54, 1.807) is 43.5 Å². The number of carbonyl (C=O) groups excluding carboxylic acids is 2. The van der Waals surface area contributed by atoms with E-state index in [4.69, 9.17) is 9.15 Å². The highest BCUT2D eigenvalue weighted by atomic mass is 16.5. The molecule has 6 heteroatoms. The summed E-state index contributed by atoms with van der Waals surface area (Å²) in [6, 6.07) is 12.1. The third kappa shape index (κ3) is 5.12. The fraction of sp³-hybridized carbons (Fsp3) is 0.176. The molecule has 0 aliphatic heterocycles. The zero-order valence-corrected chi connectivity index (χ0v) is 12.7. The number of amides is 2. The van der Waals surface area contributed by atoms with Gasteiger partial charge in [0.1, 0.15) is 11.5 Å². The van der Waals surface area contributed by atoms with E-state index in [0.717, 1.165) is 0 Å². The second kappa shape index (κ2) is 8.55. The summed E-state index contributed by atoms with van der Waals surface area (Å²) in [5.74, 6) is -0.316. The van der Waals surface area contributed by atoms with Gasteiger partial charge in [-0.2, -0.15) is 0 Å². The maximum Gasteiger partial charge on any atom is 0.268 e. The molecule has 2 rings (SSSR count). The molecule has 0 saturated heterocycles. The first kappa shape index (κ1) is 16.5. The highest BCUT2D eigenvalue weighted by Gasteiger charge is 2.14. The summed E-state index contributed by atoms with van der Waals surface area (Å²) in [6.07, 6.45) is 2.97. The third-order valence-electron chi connectivity index (χ3n) is 2.95. The minimum Gasteiger partial charge on any atom is -0.465 e. The Morgan fingerprint density at radius 2 is 1.96 bits per heavy atom. The number of hydrogen-bond acceptors (Lipinski definition) is 4. The summed E-state index contributed by atoms with van der Waals surface area (Å²) in [4.78, 5) is 24.5. The zero-order valence-electron chi connectivity index (χ0n) is 12.7. The number of ether oxygens (including phenoxy) is 1. The normalized spacial score (nSPS) is 11.1. The van der Waals surface area contributed by atoms with Crippen molar-refractivity contribution in [2.75, 3.05) is 20.3 Å². The van der Waals surface area contributed by atoms with Gasteiger partial charge in [0.15, 0.2) is 0 Å². The molecule has 0 spiro atoms. The first-order valence-corrected chi connectivity index (χ1v) is 7.09. The van der Waals surface area contributed by atoms with Crippen LogP contribution < -0.4 is 10.6 Å². The van der Waals surface area contributed by atoms with Crippen LogP contribution in [0.15, 0.2) is 58.8 Å². The molecular formula is C17H18N2O4. The lowest BCUT2D eigenvalue weighted by Gasteiger charge is -2.10. The fourth-order valence-corrected chi connectivity index (χ4v) is 1.82. The molecule has 0 atom stereocenters. The molecule has 0 aliphatic rings. The monoisotopic (exact) mass is 314 g/mol.